The zero-order valence-electron chi connectivity index (χ0n) is 11.2. The summed E-state index contributed by atoms with van der Waals surface area (Å²) < 4.78 is 0. The third-order valence-electron chi connectivity index (χ3n) is 4.88. The van der Waals surface area contributed by atoms with Gasteiger partial charge in [-0.1, -0.05) is 27.2 Å². The number of hydrogen-bond donors (Lipinski definition) is 2. The van der Waals surface area contributed by atoms with E-state index in [0.29, 0.717) is 5.75 Å². The smallest absolute Gasteiger partial charge is 0.119 e. The molecule has 1 aromatic carbocycles. The monoisotopic (exact) mass is 234 g/mol. The number of phenolic OH excluding ortho intramolecular Hbond substituents is 2. The maximum Gasteiger partial charge on any atom is 0.119 e. The molecule has 2 heteroatoms. The van der Waals surface area contributed by atoms with E-state index in [9.17, 15) is 10.2 Å². The first-order chi connectivity index (χ1) is 7.78. The summed E-state index contributed by atoms with van der Waals surface area (Å²) in [5, 5.41) is 20.0. The fraction of sp³-hybridized carbons (Fsp3) is 0.600. The molecule has 0 bridgehead atoms. The highest BCUT2D eigenvalue weighted by Gasteiger charge is 2.47. The average molecular weight is 234 g/mol. The van der Waals surface area contributed by atoms with Crippen molar-refractivity contribution in [3.05, 3.63) is 23.3 Å². The number of benzene rings is 1. The Morgan fingerprint density at radius 3 is 2.18 bits per heavy atom. The highest BCUT2D eigenvalue weighted by molar-refractivity contribution is 5.49. The molecular formula is C15H22O2. The maximum absolute atomic E-state index is 10.2. The molecule has 2 N–H and O–H groups in total. The van der Waals surface area contributed by atoms with Crippen LogP contribution in [0.5, 0.6) is 11.5 Å². The van der Waals surface area contributed by atoms with Crippen LogP contribution in [0.25, 0.3) is 0 Å². The van der Waals surface area contributed by atoms with E-state index >= 15 is 0 Å². The van der Waals surface area contributed by atoms with E-state index in [1.807, 2.05) is 0 Å². The summed E-state index contributed by atoms with van der Waals surface area (Å²) in [7, 11) is 0. The lowest BCUT2D eigenvalue weighted by Crippen LogP contribution is -2.34. The van der Waals surface area contributed by atoms with Gasteiger partial charge >= 0.3 is 0 Å². The summed E-state index contributed by atoms with van der Waals surface area (Å²) in [5.74, 6) is 0.597. The predicted octanol–water partition coefficient (Wildman–Crippen LogP) is 3.87. The van der Waals surface area contributed by atoms with Gasteiger partial charge in [-0.2, -0.15) is 0 Å². The standard InChI is InChI=1S/C15H22O2/c1-10-8-13(17)11(9-12(10)16)15(4)7-5-6-14(15,2)3/h8-9,16-17H,5-7H2,1-4H3/t15-/m1/s1. The second-order valence-corrected chi connectivity index (χ2v) is 6.23. The highest BCUT2D eigenvalue weighted by Crippen LogP contribution is 2.56. The Morgan fingerprint density at radius 1 is 1.00 bits per heavy atom. The van der Waals surface area contributed by atoms with Crippen LogP contribution in [-0.4, -0.2) is 10.2 Å². The SMILES string of the molecule is Cc1cc(O)c([C@@]2(C)CCCC2(C)C)cc1O. The lowest BCUT2D eigenvalue weighted by molar-refractivity contribution is 0.218. The minimum atomic E-state index is -0.0533. The van der Waals surface area contributed by atoms with E-state index in [2.05, 4.69) is 20.8 Å². The van der Waals surface area contributed by atoms with E-state index < -0.39 is 0 Å². The number of hydrogen-bond acceptors (Lipinski definition) is 2. The fourth-order valence-electron chi connectivity index (χ4n) is 3.12. The molecule has 0 heterocycles. The van der Waals surface area contributed by atoms with E-state index in [1.54, 1.807) is 19.1 Å². The molecule has 2 nitrogen and oxygen atoms in total. The van der Waals surface area contributed by atoms with Crippen LogP contribution >= 0.6 is 0 Å². The molecule has 0 amide bonds. The van der Waals surface area contributed by atoms with Gasteiger partial charge in [0.05, 0.1) is 0 Å². The molecule has 0 aliphatic heterocycles. The van der Waals surface area contributed by atoms with Crippen molar-refractivity contribution >= 4 is 0 Å². The van der Waals surface area contributed by atoms with Gasteiger partial charge in [-0.15, -0.1) is 0 Å². The summed E-state index contributed by atoms with van der Waals surface area (Å²) in [6.07, 6.45) is 3.41. The lowest BCUT2D eigenvalue weighted by atomic mass is 9.65. The molecule has 2 rings (SSSR count). The molecule has 1 atom stereocenters. The molecule has 0 aromatic heterocycles. The van der Waals surface area contributed by atoms with E-state index in [4.69, 9.17) is 0 Å². The topological polar surface area (TPSA) is 40.5 Å². The van der Waals surface area contributed by atoms with Crippen LogP contribution in [0.2, 0.25) is 0 Å². The Labute approximate surface area is 103 Å². The summed E-state index contributed by atoms with van der Waals surface area (Å²) in [6.45, 7) is 8.50. The molecule has 0 saturated heterocycles. The molecule has 94 valence electrons. The molecule has 1 aromatic rings. The van der Waals surface area contributed by atoms with Crippen molar-refractivity contribution in [2.75, 3.05) is 0 Å². The molecule has 0 spiro atoms. The largest absolute Gasteiger partial charge is 0.508 e. The average Bonchev–Trinajstić information content (AvgIpc) is 2.48. The minimum absolute atomic E-state index is 0.0533. The normalized spacial score (nSPS) is 27.3. The number of aryl methyl sites for hydroxylation is 1. The van der Waals surface area contributed by atoms with Gasteiger partial charge in [0.15, 0.2) is 0 Å². The molecule has 1 aliphatic carbocycles. The van der Waals surface area contributed by atoms with Crippen LogP contribution in [0.15, 0.2) is 12.1 Å². The fourth-order valence-corrected chi connectivity index (χ4v) is 3.12. The molecule has 1 aliphatic rings. The van der Waals surface area contributed by atoms with Crippen LogP contribution in [0.1, 0.15) is 51.2 Å². The van der Waals surface area contributed by atoms with Crippen LogP contribution in [-0.2, 0) is 5.41 Å². The number of rotatable bonds is 1. The summed E-state index contributed by atoms with van der Waals surface area (Å²) in [4.78, 5) is 0. The Morgan fingerprint density at radius 2 is 1.65 bits per heavy atom. The van der Waals surface area contributed by atoms with Gasteiger partial charge < -0.3 is 10.2 Å². The molecule has 1 saturated carbocycles. The zero-order valence-corrected chi connectivity index (χ0v) is 11.2. The van der Waals surface area contributed by atoms with Crippen molar-refractivity contribution < 1.29 is 10.2 Å². The van der Waals surface area contributed by atoms with Crippen molar-refractivity contribution in [3.63, 3.8) is 0 Å². The third-order valence-corrected chi connectivity index (χ3v) is 4.88. The van der Waals surface area contributed by atoms with E-state index in [0.717, 1.165) is 24.0 Å². The van der Waals surface area contributed by atoms with Gasteiger partial charge in [-0.05, 0) is 42.9 Å². The lowest BCUT2D eigenvalue weighted by Gasteiger charge is -2.39. The van der Waals surface area contributed by atoms with Crippen molar-refractivity contribution in [3.8, 4) is 11.5 Å². The summed E-state index contributed by atoms with van der Waals surface area (Å²) in [5.41, 5.74) is 1.72. The van der Waals surface area contributed by atoms with Crippen LogP contribution in [0, 0.1) is 12.3 Å². The quantitative estimate of drug-likeness (QED) is 0.724. The van der Waals surface area contributed by atoms with Gasteiger partial charge in [0.2, 0.25) is 0 Å². The molecule has 0 unspecified atom stereocenters. The Bertz CT molecular complexity index is 448. The van der Waals surface area contributed by atoms with Gasteiger partial charge in [0.25, 0.3) is 0 Å². The number of aromatic hydroxyl groups is 2. The van der Waals surface area contributed by atoms with Crippen molar-refractivity contribution in [2.45, 2.75) is 52.4 Å². The number of phenols is 2. The minimum Gasteiger partial charge on any atom is -0.508 e. The molecule has 17 heavy (non-hydrogen) atoms. The molecule has 0 radical (unpaired) electrons. The molecule has 1 fully saturated rings. The van der Waals surface area contributed by atoms with E-state index in [1.165, 1.54) is 6.42 Å². The van der Waals surface area contributed by atoms with Crippen molar-refractivity contribution in [1.29, 1.82) is 0 Å². The van der Waals surface area contributed by atoms with Gasteiger partial charge in [-0.3, -0.25) is 0 Å². The van der Waals surface area contributed by atoms with Gasteiger partial charge in [-0.25, -0.2) is 0 Å². The van der Waals surface area contributed by atoms with Crippen molar-refractivity contribution in [1.82, 2.24) is 0 Å². The van der Waals surface area contributed by atoms with E-state index in [-0.39, 0.29) is 16.6 Å². The first-order valence-electron chi connectivity index (χ1n) is 6.31. The zero-order chi connectivity index (χ0) is 12.8. The Hall–Kier alpha value is -1.18. The first-order valence-corrected chi connectivity index (χ1v) is 6.31. The second kappa shape index (κ2) is 3.66. The van der Waals surface area contributed by atoms with Gasteiger partial charge in [0, 0.05) is 11.0 Å². The maximum atomic E-state index is 10.2. The third kappa shape index (κ3) is 1.70. The van der Waals surface area contributed by atoms with Gasteiger partial charge in [0.1, 0.15) is 11.5 Å². The summed E-state index contributed by atoms with van der Waals surface area (Å²) >= 11 is 0. The van der Waals surface area contributed by atoms with Crippen LogP contribution in [0.3, 0.4) is 0 Å². The first kappa shape index (κ1) is 12.3. The Kier molecular flexibility index (Phi) is 2.64. The highest BCUT2D eigenvalue weighted by atomic mass is 16.3. The van der Waals surface area contributed by atoms with Crippen molar-refractivity contribution in [2.24, 2.45) is 5.41 Å². The predicted molar refractivity (Wildman–Crippen MR) is 69.5 cm³/mol. The second-order valence-electron chi connectivity index (χ2n) is 6.23. The summed E-state index contributed by atoms with van der Waals surface area (Å²) in [6, 6.07) is 3.42. The van der Waals surface area contributed by atoms with Crippen LogP contribution in [0.4, 0.5) is 0 Å². The Balaban J connectivity index is 2.57. The van der Waals surface area contributed by atoms with Crippen LogP contribution < -0.4 is 0 Å². The molecular weight excluding hydrogens is 212 g/mol.